The van der Waals surface area contributed by atoms with E-state index in [-0.39, 0.29) is 5.56 Å². The molecule has 1 aromatic rings. The molecule has 0 aromatic heterocycles. The Morgan fingerprint density at radius 2 is 1.18 bits per heavy atom. The van der Waals surface area contributed by atoms with Crippen molar-refractivity contribution in [2.45, 2.75) is 44.2 Å². The first kappa shape index (κ1) is 18.6. The maximum atomic E-state index is 12.8. The summed E-state index contributed by atoms with van der Waals surface area (Å²) in [7, 11) is 0. The maximum Gasteiger partial charge on any atom is 0.416 e. The largest absolute Gasteiger partial charge is 0.416 e. The number of alkyl halides is 9. The Balaban J connectivity index is 3.14. The summed E-state index contributed by atoms with van der Waals surface area (Å²) in [6.45, 7) is 0. The second kappa shape index (κ2) is 6.37. The highest BCUT2D eigenvalue weighted by Crippen LogP contribution is 2.36. The predicted octanol–water partition coefficient (Wildman–Crippen LogP) is 5.70. The van der Waals surface area contributed by atoms with Gasteiger partial charge in [0.2, 0.25) is 0 Å². The van der Waals surface area contributed by atoms with Gasteiger partial charge < -0.3 is 0 Å². The van der Waals surface area contributed by atoms with Crippen LogP contribution in [0.1, 0.15) is 29.5 Å². The molecule has 0 bridgehead atoms. The van der Waals surface area contributed by atoms with Crippen molar-refractivity contribution in [1.29, 1.82) is 0 Å². The van der Waals surface area contributed by atoms with Crippen LogP contribution in [0.2, 0.25) is 0 Å². The van der Waals surface area contributed by atoms with Crippen molar-refractivity contribution in [3.05, 3.63) is 34.9 Å². The minimum Gasteiger partial charge on any atom is -0.171 e. The number of benzene rings is 1. The van der Waals surface area contributed by atoms with Gasteiger partial charge in [0.1, 0.15) is 0 Å². The summed E-state index contributed by atoms with van der Waals surface area (Å²) >= 11 is 0. The van der Waals surface area contributed by atoms with E-state index in [0.717, 1.165) is 12.1 Å². The zero-order valence-electron chi connectivity index (χ0n) is 11.0. The molecule has 0 aliphatic heterocycles. The lowest BCUT2D eigenvalue weighted by Crippen LogP contribution is -2.16. The molecule has 0 saturated heterocycles. The summed E-state index contributed by atoms with van der Waals surface area (Å²) in [5, 5.41) is 0. The average molecular weight is 338 g/mol. The molecule has 0 amide bonds. The lowest BCUT2D eigenvalue weighted by Gasteiger charge is -2.18. The van der Waals surface area contributed by atoms with Gasteiger partial charge in [-0.3, -0.25) is 0 Å². The lowest BCUT2D eigenvalue weighted by atomic mass is 9.93. The molecule has 0 unspecified atom stereocenters. The number of hydrogen-bond donors (Lipinski definition) is 0. The molecule has 0 nitrogen and oxygen atoms in total. The number of rotatable bonds is 4. The molecule has 0 aliphatic rings. The van der Waals surface area contributed by atoms with Crippen molar-refractivity contribution in [2.75, 3.05) is 0 Å². The fourth-order valence-corrected chi connectivity index (χ4v) is 1.97. The predicted molar refractivity (Wildman–Crippen MR) is 60.2 cm³/mol. The fraction of sp³-hybridized carbons (Fsp3) is 0.538. The quantitative estimate of drug-likeness (QED) is 0.618. The van der Waals surface area contributed by atoms with E-state index < -0.39 is 55.3 Å². The molecule has 1 aromatic carbocycles. The summed E-state index contributed by atoms with van der Waals surface area (Å²) in [5.74, 6) is 0. The Morgan fingerprint density at radius 3 is 1.64 bits per heavy atom. The Hall–Kier alpha value is -1.41. The number of hydrogen-bond acceptors (Lipinski definition) is 0. The Morgan fingerprint density at radius 1 is 0.682 bits per heavy atom. The molecule has 22 heavy (non-hydrogen) atoms. The first-order valence-corrected chi connectivity index (χ1v) is 6.11. The fourth-order valence-electron chi connectivity index (χ4n) is 1.97. The second-order valence-electron chi connectivity index (χ2n) is 4.67. The van der Waals surface area contributed by atoms with Gasteiger partial charge >= 0.3 is 18.5 Å². The lowest BCUT2D eigenvalue weighted by molar-refractivity contribution is -0.142. The third-order valence-electron chi connectivity index (χ3n) is 2.91. The minimum absolute atomic E-state index is 0.364. The summed E-state index contributed by atoms with van der Waals surface area (Å²) < 4.78 is 112. The molecule has 9 heteroatoms. The summed E-state index contributed by atoms with van der Waals surface area (Å²) in [4.78, 5) is 0. The zero-order chi connectivity index (χ0) is 17.2. The third-order valence-corrected chi connectivity index (χ3v) is 2.91. The van der Waals surface area contributed by atoms with Gasteiger partial charge in [0, 0.05) is 12.8 Å². The van der Waals surface area contributed by atoms with Crippen LogP contribution in [0.5, 0.6) is 0 Å². The first-order chi connectivity index (χ1) is 9.80. The van der Waals surface area contributed by atoms with E-state index in [1.54, 1.807) is 0 Å². The van der Waals surface area contributed by atoms with E-state index in [1.807, 2.05) is 0 Å². The molecular formula is C13H11F9. The Bertz CT molecular complexity index is 494. The van der Waals surface area contributed by atoms with Gasteiger partial charge in [-0.2, -0.15) is 39.5 Å². The van der Waals surface area contributed by atoms with Crippen LogP contribution < -0.4 is 0 Å². The molecule has 0 radical (unpaired) electrons. The van der Waals surface area contributed by atoms with Gasteiger partial charge in [-0.15, -0.1) is 0 Å². The molecule has 0 saturated carbocycles. The average Bonchev–Trinajstić information content (AvgIpc) is 2.30. The summed E-state index contributed by atoms with van der Waals surface area (Å²) in [6, 6.07) is 2.46. The first-order valence-electron chi connectivity index (χ1n) is 6.11. The molecule has 0 aliphatic carbocycles. The van der Waals surface area contributed by atoms with Gasteiger partial charge in [-0.25, -0.2) is 0 Å². The van der Waals surface area contributed by atoms with Gasteiger partial charge in [0.25, 0.3) is 0 Å². The van der Waals surface area contributed by atoms with Crippen molar-refractivity contribution in [2.24, 2.45) is 0 Å². The van der Waals surface area contributed by atoms with E-state index in [9.17, 15) is 39.5 Å². The molecule has 126 valence electrons. The van der Waals surface area contributed by atoms with Crippen LogP contribution in [0, 0.1) is 0 Å². The summed E-state index contributed by atoms with van der Waals surface area (Å²) in [6.07, 6.45) is -18.9. The normalized spacial score (nSPS) is 13.5. The molecule has 1 rings (SSSR count). The van der Waals surface area contributed by atoms with Crippen molar-refractivity contribution in [3.63, 3.8) is 0 Å². The van der Waals surface area contributed by atoms with Crippen molar-refractivity contribution in [3.8, 4) is 0 Å². The highest BCUT2D eigenvalue weighted by atomic mass is 19.4. The van der Waals surface area contributed by atoms with Crippen molar-refractivity contribution in [1.82, 2.24) is 0 Å². The maximum absolute atomic E-state index is 12.8. The van der Waals surface area contributed by atoms with Crippen LogP contribution in [-0.2, 0) is 19.0 Å². The third kappa shape index (κ3) is 6.15. The number of aryl methyl sites for hydroxylation is 1. The van der Waals surface area contributed by atoms with E-state index in [1.165, 1.54) is 0 Å². The van der Waals surface area contributed by atoms with Gasteiger partial charge in [-0.1, -0.05) is 12.1 Å². The summed E-state index contributed by atoms with van der Waals surface area (Å²) in [5.41, 5.74) is -2.41. The molecule has 0 heterocycles. The van der Waals surface area contributed by atoms with Crippen LogP contribution in [-0.4, -0.2) is 12.4 Å². The highest BCUT2D eigenvalue weighted by Gasteiger charge is 2.36. The van der Waals surface area contributed by atoms with E-state index in [0.29, 0.717) is 6.07 Å². The van der Waals surface area contributed by atoms with E-state index in [2.05, 4.69) is 0 Å². The molecular weight excluding hydrogens is 327 g/mol. The SMILES string of the molecule is FC(F)(F)CCc1cccc(C(F)(F)F)c1CCC(F)(F)F. The van der Waals surface area contributed by atoms with E-state index >= 15 is 0 Å². The van der Waals surface area contributed by atoms with Crippen LogP contribution in [0.25, 0.3) is 0 Å². The minimum atomic E-state index is -4.92. The molecule has 0 N–H and O–H groups in total. The van der Waals surface area contributed by atoms with Gasteiger partial charge in [0.05, 0.1) is 5.56 Å². The molecule has 0 fully saturated rings. The standard InChI is InChI=1S/C13H11F9/c14-11(15,16)6-4-8-2-1-3-10(13(20,21)22)9(8)5-7-12(17,18)19/h1-3H,4-7H2. The van der Waals surface area contributed by atoms with Crippen LogP contribution in [0.3, 0.4) is 0 Å². The highest BCUT2D eigenvalue weighted by molar-refractivity contribution is 5.37. The second-order valence-corrected chi connectivity index (χ2v) is 4.67. The molecule has 0 spiro atoms. The van der Waals surface area contributed by atoms with Crippen LogP contribution in [0.15, 0.2) is 18.2 Å². The Labute approximate surface area is 119 Å². The zero-order valence-corrected chi connectivity index (χ0v) is 11.0. The van der Waals surface area contributed by atoms with Crippen molar-refractivity contribution >= 4 is 0 Å². The number of halogens is 9. The van der Waals surface area contributed by atoms with Crippen LogP contribution >= 0.6 is 0 Å². The van der Waals surface area contributed by atoms with Gasteiger partial charge in [0.15, 0.2) is 0 Å². The van der Waals surface area contributed by atoms with E-state index in [4.69, 9.17) is 0 Å². The Kier molecular flexibility index (Phi) is 5.40. The monoisotopic (exact) mass is 338 g/mol. The van der Waals surface area contributed by atoms with Crippen molar-refractivity contribution < 1.29 is 39.5 Å². The van der Waals surface area contributed by atoms with Crippen LogP contribution in [0.4, 0.5) is 39.5 Å². The smallest absolute Gasteiger partial charge is 0.171 e. The van der Waals surface area contributed by atoms with Gasteiger partial charge in [-0.05, 0) is 30.0 Å². The topological polar surface area (TPSA) is 0 Å². The molecule has 0 atom stereocenters.